The Hall–Kier alpha value is -3.60. The van der Waals surface area contributed by atoms with Gasteiger partial charge < -0.3 is 29.0 Å². The predicted molar refractivity (Wildman–Crippen MR) is 135 cm³/mol. The molecule has 4 rings (SSSR count). The number of carbonyl (C=O) groups excluding carboxylic acids is 2. The molecule has 0 aliphatic carbocycles. The summed E-state index contributed by atoms with van der Waals surface area (Å²) >= 11 is 1.50. The van der Waals surface area contributed by atoms with Crippen LogP contribution in [0.1, 0.15) is 51.0 Å². The van der Waals surface area contributed by atoms with Crippen molar-refractivity contribution in [2.24, 2.45) is 0 Å². The van der Waals surface area contributed by atoms with E-state index in [0.29, 0.717) is 48.1 Å². The number of rotatable bonds is 10. The zero-order chi connectivity index (χ0) is 25.5. The maximum absolute atomic E-state index is 13.3. The van der Waals surface area contributed by atoms with Crippen LogP contribution in [-0.4, -0.2) is 72.2 Å². The third-order valence-electron chi connectivity index (χ3n) is 6.26. The van der Waals surface area contributed by atoms with Gasteiger partial charge in [-0.15, -0.1) is 11.3 Å². The van der Waals surface area contributed by atoms with Crippen LogP contribution in [0.4, 0.5) is 0 Å². The number of hydrogen-bond acceptors (Lipinski definition) is 8. The molecule has 0 bridgehead atoms. The Kier molecular flexibility index (Phi) is 8.42. The van der Waals surface area contributed by atoms with Crippen LogP contribution in [0.2, 0.25) is 0 Å². The first-order chi connectivity index (χ1) is 17.5. The van der Waals surface area contributed by atoms with Crippen LogP contribution in [0.25, 0.3) is 0 Å². The van der Waals surface area contributed by atoms with Crippen molar-refractivity contribution in [3.8, 4) is 17.2 Å². The molecule has 1 N–H and O–H groups in total. The Morgan fingerprint density at radius 2 is 1.89 bits per heavy atom. The second-order valence-electron chi connectivity index (χ2n) is 8.43. The number of benzene rings is 1. The number of likely N-dealkylation sites (tertiary alicyclic amines) is 1. The zero-order valence-corrected chi connectivity index (χ0v) is 21.5. The highest BCUT2D eigenvalue weighted by atomic mass is 32.1. The maximum atomic E-state index is 13.3. The molecule has 2 aromatic heterocycles. The van der Waals surface area contributed by atoms with Crippen molar-refractivity contribution in [3.05, 3.63) is 52.5 Å². The fourth-order valence-electron chi connectivity index (χ4n) is 4.32. The van der Waals surface area contributed by atoms with Crippen LogP contribution in [0.3, 0.4) is 0 Å². The number of piperidine rings is 1. The van der Waals surface area contributed by atoms with Gasteiger partial charge in [-0.2, -0.15) is 0 Å². The molecule has 1 aliphatic heterocycles. The van der Waals surface area contributed by atoms with E-state index in [-0.39, 0.29) is 17.7 Å². The number of aryl methyl sites for hydroxylation is 1. The van der Waals surface area contributed by atoms with Crippen molar-refractivity contribution in [1.82, 2.24) is 24.8 Å². The van der Waals surface area contributed by atoms with Gasteiger partial charge >= 0.3 is 0 Å². The molecule has 3 heterocycles. The highest BCUT2D eigenvalue weighted by Gasteiger charge is 2.29. The Labute approximate surface area is 214 Å². The molecule has 36 heavy (non-hydrogen) atoms. The van der Waals surface area contributed by atoms with E-state index >= 15 is 0 Å². The molecule has 0 atom stereocenters. The lowest BCUT2D eigenvalue weighted by molar-refractivity contribution is 0.0708. The lowest BCUT2D eigenvalue weighted by atomic mass is 9.97. The van der Waals surface area contributed by atoms with E-state index in [1.165, 1.54) is 25.6 Å². The van der Waals surface area contributed by atoms with Gasteiger partial charge in [0.25, 0.3) is 11.8 Å². The molecular formula is C25H31N5O5S. The minimum absolute atomic E-state index is 0.110. The molecule has 1 saturated heterocycles. The predicted octanol–water partition coefficient (Wildman–Crippen LogP) is 3.21. The van der Waals surface area contributed by atoms with Crippen LogP contribution in [0.15, 0.2) is 36.2 Å². The summed E-state index contributed by atoms with van der Waals surface area (Å²) in [5.74, 6) is 1.22. The molecular weight excluding hydrogens is 482 g/mol. The first-order valence-corrected chi connectivity index (χ1v) is 12.7. The van der Waals surface area contributed by atoms with Gasteiger partial charge in [0, 0.05) is 49.9 Å². The molecule has 10 nitrogen and oxygen atoms in total. The Bertz CT molecular complexity index is 1170. The van der Waals surface area contributed by atoms with Crippen LogP contribution >= 0.6 is 11.3 Å². The summed E-state index contributed by atoms with van der Waals surface area (Å²) in [6.07, 6.45) is 7.77. The third-order valence-corrected chi connectivity index (χ3v) is 7.27. The number of amides is 2. The molecule has 3 aromatic rings. The second kappa shape index (κ2) is 11.9. The minimum atomic E-state index is -0.156. The van der Waals surface area contributed by atoms with E-state index in [1.807, 2.05) is 21.0 Å². The fraction of sp³-hybridized carbons (Fsp3) is 0.440. The third kappa shape index (κ3) is 5.62. The maximum Gasteiger partial charge on any atom is 0.270 e. The van der Waals surface area contributed by atoms with Crippen molar-refractivity contribution in [3.63, 3.8) is 0 Å². The van der Waals surface area contributed by atoms with E-state index in [9.17, 15) is 9.59 Å². The largest absolute Gasteiger partial charge is 0.493 e. The summed E-state index contributed by atoms with van der Waals surface area (Å²) in [5, 5.41) is 5.68. The normalized spacial score (nSPS) is 13.9. The van der Waals surface area contributed by atoms with Crippen molar-refractivity contribution in [1.29, 1.82) is 0 Å². The number of carbonyl (C=O) groups is 2. The summed E-state index contributed by atoms with van der Waals surface area (Å²) in [6, 6.07) is 3.41. The lowest BCUT2D eigenvalue weighted by Crippen LogP contribution is -2.38. The van der Waals surface area contributed by atoms with Gasteiger partial charge in [-0.1, -0.05) is 0 Å². The molecule has 1 aromatic carbocycles. The summed E-state index contributed by atoms with van der Waals surface area (Å²) in [6.45, 7) is 2.56. The molecule has 1 fully saturated rings. The van der Waals surface area contributed by atoms with E-state index < -0.39 is 0 Å². The molecule has 11 heteroatoms. The summed E-state index contributed by atoms with van der Waals surface area (Å²) in [5.41, 5.74) is 0.890. The Morgan fingerprint density at radius 3 is 2.56 bits per heavy atom. The summed E-state index contributed by atoms with van der Waals surface area (Å²) < 4.78 is 18.2. The number of methoxy groups -OCH3 is 3. The minimum Gasteiger partial charge on any atom is -0.493 e. The number of aromatic nitrogens is 3. The standard InChI is InChI=1S/C25H31N5O5S/c1-33-20-6-5-18(21(34-2)22(20)35-3)25(32)30-12-7-17(8-13-30)24-28-19(15-36-24)23(31)27-9-4-11-29-14-10-26-16-29/h5-6,10,14-17H,4,7-9,11-13H2,1-3H3,(H,27,31). The van der Waals surface area contributed by atoms with Crippen LogP contribution < -0.4 is 19.5 Å². The molecule has 0 saturated carbocycles. The van der Waals surface area contributed by atoms with Gasteiger partial charge in [0.05, 0.1) is 38.2 Å². The number of ether oxygens (including phenoxy) is 3. The van der Waals surface area contributed by atoms with Crippen molar-refractivity contribution < 1.29 is 23.8 Å². The highest BCUT2D eigenvalue weighted by molar-refractivity contribution is 7.09. The van der Waals surface area contributed by atoms with Gasteiger partial charge in [-0.25, -0.2) is 9.97 Å². The fourth-order valence-corrected chi connectivity index (χ4v) is 5.29. The van der Waals surface area contributed by atoms with Crippen LogP contribution in [0, 0.1) is 0 Å². The first-order valence-electron chi connectivity index (χ1n) is 11.8. The number of hydrogen-bond donors (Lipinski definition) is 1. The Balaban J connectivity index is 1.31. The Morgan fingerprint density at radius 1 is 1.11 bits per heavy atom. The summed E-state index contributed by atoms with van der Waals surface area (Å²) in [7, 11) is 4.57. The highest BCUT2D eigenvalue weighted by Crippen LogP contribution is 2.40. The van der Waals surface area contributed by atoms with Crippen molar-refractivity contribution in [2.45, 2.75) is 31.7 Å². The average Bonchev–Trinajstić information content (AvgIpc) is 3.62. The molecule has 0 unspecified atom stereocenters. The van der Waals surface area contributed by atoms with E-state index in [4.69, 9.17) is 14.2 Å². The van der Waals surface area contributed by atoms with Crippen molar-refractivity contribution >= 4 is 23.2 Å². The van der Waals surface area contributed by atoms with Gasteiger partial charge in [-0.3, -0.25) is 9.59 Å². The molecule has 0 radical (unpaired) electrons. The summed E-state index contributed by atoms with van der Waals surface area (Å²) in [4.78, 5) is 36.2. The van der Waals surface area contributed by atoms with Gasteiger partial charge in [0.1, 0.15) is 5.69 Å². The molecule has 0 spiro atoms. The van der Waals surface area contributed by atoms with E-state index in [2.05, 4.69) is 15.3 Å². The van der Waals surface area contributed by atoms with Gasteiger partial charge in [-0.05, 0) is 31.4 Å². The number of nitrogens with one attached hydrogen (secondary N) is 1. The van der Waals surface area contributed by atoms with Gasteiger partial charge in [0.15, 0.2) is 11.5 Å². The zero-order valence-electron chi connectivity index (χ0n) is 20.7. The molecule has 1 aliphatic rings. The first kappa shape index (κ1) is 25.5. The number of nitrogens with zero attached hydrogens (tertiary/aromatic N) is 4. The molecule has 192 valence electrons. The van der Waals surface area contributed by atoms with Gasteiger partial charge in [0.2, 0.25) is 5.75 Å². The molecule has 2 amide bonds. The van der Waals surface area contributed by atoms with E-state index in [1.54, 1.807) is 31.8 Å². The number of thiazole rings is 1. The van der Waals surface area contributed by atoms with E-state index in [0.717, 1.165) is 30.8 Å². The van der Waals surface area contributed by atoms with Crippen molar-refractivity contribution in [2.75, 3.05) is 41.0 Å². The SMILES string of the molecule is COc1ccc(C(=O)N2CCC(c3nc(C(=O)NCCCn4ccnc4)cs3)CC2)c(OC)c1OC. The lowest BCUT2D eigenvalue weighted by Gasteiger charge is -2.31. The average molecular weight is 514 g/mol. The number of imidazole rings is 1. The topological polar surface area (TPSA) is 108 Å². The van der Waals surface area contributed by atoms with Crippen LogP contribution in [0.5, 0.6) is 17.2 Å². The monoisotopic (exact) mass is 513 g/mol. The quantitative estimate of drug-likeness (QED) is 0.415. The smallest absolute Gasteiger partial charge is 0.270 e. The second-order valence-corrected chi connectivity index (χ2v) is 9.32. The van der Waals surface area contributed by atoms with Crippen LogP contribution in [-0.2, 0) is 6.54 Å².